The smallest absolute Gasteiger partial charge is 0.150 e. The van der Waals surface area contributed by atoms with Crippen molar-refractivity contribution < 1.29 is 9.53 Å². The molecular formula is C16H20O2S. The van der Waals surface area contributed by atoms with Crippen molar-refractivity contribution in [3.8, 4) is 0 Å². The molecule has 0 N–H and O–H groups in total. The second kappa shape index (κ2) is 5.68. The van der Waals surface area contributed by atoms with Crippen molar-refractivity contribution in [1.82, 2.24) is 0 Å². The molecule has 19 heavy (non-hydrogen) atoms. The van der Waals surface area contributed by atoms with Crippen molar-refractivity contribution in [2.75, 3.05) is 6.61 Å². The van der Waals surface area contributed by atoms with Gasteiger partial charge in [-0.3, -0.25) is 4.79 Å². The summed E-state index contributed by atoms with van der Waals surface area (Å²) in [6.45, 7) is 0.894. The Labute approximate surface area is 118 Å². The van der Waals surface area contributed by atoms with Crippen molar-refractivity contribution in [1.29, 1.82) is 0 Å². The van der Waals surface area contributed by atoms with E-state index in [1.54, 1.807) is 0 Å². The summed E-state index contributed by atoms with van der Waals surface area (Å²) < 4.78 is 6.07. The van der Waals surface area contributed by atoms with Gasteiger partial charge < -0.3 is 4.74 Å². The van der Waals surface area contributed by atoms with Gasteiger partial charge in [0.15, 0.2) is 0 Å². The van der Waals surface area contributed by atoms with Crippen LogP contribution >= 0.6 is 11.8 Å². The van der Waals surface area contributed by atoms with Crippen molar-refractivity contribution in [2.24, 2.45) is 0 Å². The van der Waals surface area contributed by atoms with E-state index in [1.807, 2.05) is 30.0 Å². The highest BCUT2D eigenvalue weighted by Crippen LogP contribution is 2.44. The molecule has 1 heterocycles. The van der Waals surface area contributed by atoms with Crippen LogP contribution in [0.15, 0.2) is 29.2 Å². The minimum atomic E-state index is 0.179. The van der Waals surface area contributed by atoms with Crippen LogP contribution in [0.5, 0.6) is 0 Å². The first-order valence-electron chi connectivity index (χ1n) is 7.16. The summed E-state index contributed by atoms with van der Waals surface area (Å²) in [5, 5.41) is 0.633. The third-order valence-electron chi connectivity index (χ3n) is 4.26. The Hall–Kier alpha value is -0.800. The van der Waals surface area contributed by atoms with Gasteiger partial charge in [0.05, 0.1) is 5.60 Å². The number of carbonyl (C=O) groups is 1. The second-order valence-corrected chi connectivity index (χ2v) is 7.04. The van der Waals surface area contributed by atoms with Gasteiger partial charge in [-0.15, -0.1) is 11.8 Å². The lowest BCUT2D eigenvalue weighted by Gasteiger charge is -2.38. The predicted octanol–water partition coefficient (Wildman–Crippen LogP) is 4.08. The number of aldehydes is 1. The lowest BCUT2D eigenvalue weighted by atomic mass is 9.92. The molecule has 2 aliphatic rings. The van der Waals surface area contributed by atoms with Crippen LogP contribution in [0.4, 0.5) is 0 Å². The van der Waals surface area contributed by atoms with E-state index in [0.29, 0.717) is 5.25 Å². The molecule has 1 aromatic rings. The first-order valence-corrected chi connectivity index (χ1v) is 8.04. The minimum Gasteiger partial charge on any atom is -0.375 e. The zero-order chi connectivity index (χ0) is 13.1. The normalized spacial score (nSPS) is 25.6. The van der Waals surface area contributed by atoms with Gasteiger partial charge in [-0.2, -0.15) is 0 Å². The van der Waals surface area contributed by atoms with E-state index < -0.39 is 0 Å². The van der Waals surface area contributed by atoms with E-state index in [0.717, 1.165) is 24.9 Å². The molecule has 0 aromatic heterocycles. The molecule has 1 aliphatic heterocycles. The Balaban J connectivity index is 1.67. The molecule has 3 heteroatoms. The molecule has 3 rings (SSSR count). The standard InChI is InChI=1S/C16H20O2S/c17-12-13-4-3-5-14(10-13)19-15-6-9-18-16(11-15)7-1-2-8-16/h3-5,10,12,15H,1-2,6-9,11H2. The lowest BCUT2D eigenvalue weighted by molar-refractivity contribution is -0.0704. The van der Waals surface area contributed by atoms with Gasteiger partial charge in [0.1, 0.15) is 6.29 Å². The van der Waals surface area contributed by atoms with Crippen LogP contribution in [0.2, 0.25) is 0 Å². The molecule has 1 aliphatic carbocycles. The third-order valence-corrected chi connectivity index (χ3v) is 5.52. The van der Waals surface area contributed by atoms with Gasteiger partial charge in [0.2, 0.25) is 0 Å². The fourth-order valence-electron chi connectivity index (χ4n) is 3.30. The number of ether oxygens (including phenoxy) is 1. The van der Waals surface area contributed by atoms with Gasteiger partial charge in [-0.25, -0.2) is 0 Å². The molecule has 0 amide bonds. The molecule has 1 atom stereocenters. The Morgan fingerprint density at radius 2 is 2.16 bits per heavy atom. The molecule has 0 radical (unpaired) electrons. The molecule has 1 unspecified atom stereocenters. The van der Waals surface area contributed by atoms with Crippen molar-refractivity contribution in [3.63, 3.8) is 0 Å². The maximum atomic E-state index is 10.8. The van der Waals surface area contributed by atoms with Gasteiger partial charge in [-0.05, 0) is 37.8 Å². The molecule has 1 spiro atoms. The van der Waals surface area contributed by atoms with Crippen LogP contribution in [0.25, 0.3) is 0 Å². The van der Waals surface area contributed by atoms with E-state index in [4.69, 9.17) is 4.74 Å². The number of carbonyl (C=O) groups excluding carboxylic acids is 1. The first-order chi connectivity index (χ1) is 9.30. The van der Waals surface area contributed by atoms with E-state index in [9.17, 15) is 4.79 Å². The SMILES string of the molecule is O=Cc1cccc(SC2CCOC3(CCCC3)C2)c1. The van der Waals surface area contributed by atoms with E-state index >= 15 is 0 Å². The lowest BCUT2D eigenvalue weighted by Crippen LogP contribution is -2.38. The third kappa shape index (κ3) is 3.03. The number of hydrogen-bond donors (Lipinski definition) is 0. The van der Waals surface area contributed by atoms with Gasteiger partial charge in [-0.1, -0.05) is 25.0 Å². The van der Waals surface area contributed by atoms with E-state index in [2.05, 4.69) is 6.07 Å². The molecule has 2 nitrogen and oxygen atoms in total. The monoisotopic (exact) mass is 276 g/mol. The summed E-state index contributed by atoms with van der Waals surface area (Å²) >= 11 is 1.92. The summed E-state index contributed by atoms with van der Waals surface area (Å²) in [5.41, 5.74) is 0.950. The van der Waals surface area contributed by atoms with Gasteiger partial charge in [0, 0.05) is 22.3 Å². The first kappa shape index (κ1) is 13.2. The van der Waals surface area contributed by atoms with E-state index in [-0.39, 0.29) is 5.60 Å². The maximum Gasteiger partial charge on any atom is 0.150 e. The molecule has 1 aromatic carbocycles. The Bertz CT molecular complexity index is 452. The largest absolute Gasteiger partial charge is 0.375 e. The Morgan fingerprint density at radius 3 is 2.95 bits per heavy atom. The van der Waals surface area contributed by atoms with E-state index in [1.165, 1.54) is 37.0 Å². The average Bonchev–Trinajstić information content (AvgIpc) is 2.87. The van der Waals surface area contributed by atoms with Crippen molar-refractivity contribution in [2.45, 2.75) is 54.3 Å². The average molecular weight is 276 g/mol. The van der Waals surface area contributed by atoms with Gasteiger partial charge in [0.25, 0.3) is 0 Å². The molecular weight excluding hydrogens is 256 g/mol. The highest BCUT2D eigenvalue weighted by molar-refractivity contribution is 8.00. The number of thioether (sulfide) groups is 1. The summed E-state index contributed by atoms with van der Waals surface area (Å²) in [4.78, 5) is 12.0. The molecule has 102 valence electrons. The fourth-order valence-corrected chi connectivity index (χ4v) is 4.65. The second-order valence-electron chi connectivity index (χ2n) is 5.66. The van der Waals surface area contributed by atoms with Crippen molar-refractivity contribution in [3.05, 3.63) is 29.8 Å². The summed E-state index contributed by atoms with van der Waals surface area (Å²) in [6.07, 6.45) is 8.32. The molecule has 2 fully saturated rings. The maximum absolute atomic E-state index is 10.8. The van der Waals surface area contributed by atoms with Crippen LogP contribution in [-0.2, 0) is 4.74 Å². The summed E-state index contributed by atoms with van der Waals surface area (Å²) in [7, 11) is 0. The highest BCUT2D eigenvalue weighted by atomic mass is 32.2. The van der Waals surface area contributed by atoms with Crippen LogP contribution in [0, 0.1) is 0 Å². The summed E-state index contributed by atoms with van der Waals surface area (Å²) in [5.74, 6) is 0. The number of rotatable bonds is 3. The zero-order valence-corrected chi connectivity index (χ0v) is 12.0. The molecule has 0 bridgehead atoms. The van der Waals surface area contributed by atoms with Crippen LogP contribution in [0.1, 0.15) is 48.9 Å². The van der Waals surface area contributed by atoms with Crippen LogP contribution in [0.3, 0.4) is 0 Å². The topological polar surface area (TPSA) is 26.3 Å². The van der Waals surface area contributed by atoms with Gasteiger partial charge >= 0.3 is 0 Å². The summed E-state index contributed by atoms with van der Waals surface area (Å²) in [6, 6.07) is 7.93. The van der Waals surface area contributed by atoms with Crippen LogP contribution < -0.4 is 0 Å². The Kier molecular flexibility index (Phi) is 3.94. The predicted molar refractivity (Wildman–Crippen MR) is 77.9 cm³/mol. The van der Waals surface area contributed by atoms with Crippen molar-refractivity contribution >= 4 is 18.0 Å². The molecule has 1 saturated heterocycles. The zero-order valence-electron chi connectivity index (χ0n) is 11.1. The quantitative estimate of drug-likeness (QED) is 0.778. The number of benzene rings is 1. The fraction of sp³-hybridized carbons (Fsp3) is 0.562. The molecule has 1 saturated carbocycles. The van der Waals surface area contributed by atoms with Crippen LogP contribution in [-0.4, -0.2) is 23.7 Å². The highest BCUT2D eigenvalue weighted by Gasteiger charge is 2.40. The number of hydrogen-bond acceptors (Lipinski definition) is 3. The minimum absolute atomic E-state index is 0.179. The Morgan fingerprint density at radius 1 is 1.32 bits per heavy atom.